The van der Waals surface area contributed by atoms with Crippen molar-refractivity contribution in [3.8, 4) is 0 Å². The molecule has 0 fully saturated rings. The van der Waals surface area contributed by atoms with Gasteiger partial charge in [-0.2, -0.15) is 5.10 Å². The molecule has 3 aromatic rings. The predicted octanol–water partition coefficient (Wildman–Crippen LogP) is 4.08. The molecule has 0 bridgehead atoms. The standard InChI is InChI=1S/C17H19Cl2N7O/c1-4-5-10-6-14(22-16-15(10)9(2)25-26(16)3)23-24-17(27)20-11-7-12(18)21-13(19)8-11/h6-8H,4-5H2,1-3H3,(H,22,23)(H2,20,21,24,27). The van der Waals surface area contributed by atoms with Crippen LogP contribution in [0.2, 0.25) is 10.3 Å². The van der Waals surface area contributed by atoms with E-state index in [2.05, 4.69) is 38.2 Å². The second-order valence-electron chi connectivity index (χ2n) is 6.03. The number of rotatable bonds is 5. The minimum Gasteiger partial charge on any atom is -0.306 e. The summed E-state index contributed by atoms with van der Waals surface area (Å²) in [6, 6.07) is 4.42. The highest BCUT2D eigenvalue weighted by molar-refractivity contribution is 6.32. The summed E-state index contributed by atoms with van der Waals surface area (Å²) in [6.07, 6.45) is 1.88. The van der Waals surface area contributed by atoms with Crippen molar-refractivity contribution in [2.24, 2.45) is 7.05 Å². The minimum absolute atomic E-state index is 0.189. The lowest BCUT2D eigenvalue weighted by Gasteiger charge is -2.12. The number of hydrazine groups is 1. The highest BCUT2D eigenvalue weighted by Crippen LogP contribution is 2.24. The van der Waals surface area contributed by atoms with Crippen LogP contribution in [0, 0.1) is 6.92 Å². The molecule has 3 rings (SSSR count). The molecule has 0 spiro atoms. The fraction of sp³-hybridized carbons (Fsp3) is 0.294. The van der Waals surface area contributed by atoms with E-state index in [0.29, 0.717) is 11.5 Å². The van der Waals surface area contributed by atoms with E-state index in [0.717, 1.165) is 35.1 Å². The average Bonchev–Trinajstić information content (AvgIpc) is 2.87. The van der Waals surface area contributed by atoms with Crippen LogP contribution in [0.25, 0.3) is 11.0 Å². The molecule has 0 radical (unpaired) electrons. The molecular weight excluding hydrogens is 389 g/mol. The maximum absolute atomic E-state index is 12.1. The molecule has 3 aromatic heterocycles. The molecule has 27 heavy (non-hydrogen) atoms. The first-order valence-electron chi connectivity index (χ1n) is 8.36. The molecule has 0 aromatic carbocycles. The number of amides is 2. The molecule has 0 atom stereocenters. The van der Waals surface area contributed by atoms with Crippen molar-refractivity contribution in [3.63, 3.8) is 0 Å². The molecule has 8 nitrogen and oxygen atoms in total. The lowest BCUT2D eigenvalue weighted by molar-refractivity contribution is 0.254. The van der Waals surface area contributed by atoms with Gasteiger partial charge in [-0.25, -0.2) is 14.8 Å². The molecule has 0 aliphatic rings. The summed E-state index contributed by atoms with van der Waals surface area (Å²) >= 11 is 11.6. The van der Waals surface area contributed by atoms with Crippen LogP contribution in [0.5, 0.6) is 0 Å². The summed E-state index contributed by atoms with van der Waals surface area (Å²) < 4.78 is 1.73. The highest BCUT2D eigenvalue weighted by atomic mass is 35.5. The van der Waals surface area contributed by atoms with E-state index in [1.165, 1.54) is 12.1 Å². The number of urea groups is 1. The zero-order valence-corrected chi connectivity index (χ0v) is 16.6. The lowest BCUT2D eigenvalue weighted by Crippen LogP contribution is -2.34. The predicted molar refractivity (Wildman–Crippen MR) is 107 cm³/mol. The van der Waals surface area contributed by atoms with Gasteiger partial charge in [-0.05, 0) is 37.1 Å². The molecule has 0 saturated carbocycles. The van der Waals surface area contributed by atoms with Crippen molar-refractivity contribution in [1.82, 2.24) is 25.2 Å². The normalized spacial score (nSPS) is 10.9. The number of aryl methyl sites for hydroxylation is 3. The third kappa shape index (κ3) is 4.40. The Morgan fingerprint density at radius 3 is 2.56 bits per heavy atom. The van der Waals surface area contributed by atoms with Crippen molar-refractivity contribution in [1.29, 1.82) is 0 Å². The Morgan fingerprint density at radius 1 is 1.19 bits per heavy atom. The Morgan fingerprint density at radius 2 is 1.89 bits per heavy atom. The van der Waals surface area contributed by atoms with Gasteiger partial charge in [0.15, 0.2) is 5.65 Å². The maximum Gasteiger partial charge on any atom is 0.337 e. The minimum atomic E-state index is -0.492. The zero-order chi connectivity index (χ0) is 19.6. The van der Waals surface area contributed by atoms with E-state index in [4.69, 9.17) is 23.2 Å². The first kappa shape index (κ1) is 19.2. The highest BCUT2D eigenvalue weighted by Gasteiger charge is 2.13. The molecule has 0 unspecified atom stereocenters. The number of carbonyl (C=O) groups is 1. The van der Waals surface area contributed by atoms with E-state index >= 15 is 0 Å². The van der Waals surface area contributed by atoms with Crippen molar-refractivity contribution in [2.45, 2.75) is 26.7 Å². The Labute approximate surface area is 166 Å². The van der Waals surface area contributed by atoms with Gasteiger partial charge in [-0.3, -0.25) is 15.5 Å². The van der Waals surface area contributed by atoms with Gasteiger partial charge in [0, 0.05) is 18.1 Å². The Bertz CT molecular complexity index is 982. The number of fused-ring (bicyclic) bond motifs is 1. The van der Waals surface area contributed by atoms with Gasteiger partial charge < -0.3 is 5.32 Å². The van der Waals surface area contributed by atoms with E-state index in [9.17, 15) is 4.79 Å². The van der Waals surface area contributed by atoms with Gasteiger partial charge in [0.2, 0.25) is 0 Å². The summed E-state index contributed by atoms with van der Waals surface area (Å²) in [7, 11) is 1.85. The number of pyridine rings is 2. The first-order valence-corrected chi connectivity index (χ1v) is 9.12. The largest absolute Gasteiger partial charge is 0.337 e. The van der Waals surface area contributed by atoms with Gasteiger partial charge in [-0.1, -0.05) is 36.5 Å². The van der Waals surface area contributed by atoms with E-state index in [1.54, 1.807) is 4.68 Å². The number of anilines is 2. The van der Waals surface area contributed by atoms with Crippen molar-refractivity contribution < 1.29 is 4.79 Å². The summed E-state index contributed by atoms with van der Waals surface area (Å²) in [4.78, 5) is 20.5. The molecule has 0 aliphatic heterocycles. The fourth-order valence-corrected chi connectivity index (χ4v) is 3.34. The number of nitrogens with zero attached hydrogens (tertiary/aromatic N) is 4. The summed E-state index contributed by atoms with van der Waals surface area (Å²) in [5, 5.41) is 8.49. The van der Waals surface area contributed by atoms with Gasteiger partial charge >= 0.3 is 6.03 Å². The van der Waals surface area contributed by atoms with E-state index < -0.39 is 6.03 Å². The second kappa shape index (κ2) is 7.98. The van der Waals surface area contributed by atoms with Crippen LogP contribution in [0.15, 0.2) is 18.2 Å². The quantitative estimate of drug-likeness (QED) is 0.437. The number of aromatic nitrogens is 4. The summed E-state index contributed by atoms with van der Waals surface area (Å²) in [5.74, 6) is 0.523. The van der Waals surface area contributed by atoms with Gasteiger partial charge in [0.05, 0.1) is 5.69 Å². The molecule has 3 N–H and O–H groups in total. The van der Waals surface area contributed by atoms with Crippen LogP contribution in [0.1, 0.15) is 24.6 Å². The topological polar surface area (TPSA) is 96.8 Å². The Balaban J connectivity index is 1.76. The molecular formula is C17H19Cl2N7O. The second-order valence-corrected chi connectivity index (χ2v) is 6.80. The Hall–Kier alpha value is -2.58. The van der Waals surface area contributed by atoms with Crippen molar-refractivity contribution >= 4 is 51.8 Å². The van der Waals surface area contributed by atoms with Crippen LogP contribution in [0.3, 0.4) is 0 Å². The number of hydrogen-bond acceptors (Lipinski definition) is 5. The van der Waals surface area contributed by atoms with Crippen LogP contribution in [-0.4, -0.2) is 25.8 Å². The SMILES string of the molecule is CCCc1cc(NNC(=O)Nc2cc(Cl)nc(Cl)c2)nc2c1c(C)nn2C. The molecule has 3 heterocycles. The summed E-state index contributed by atoms with van der Waals surface area (Å²) in [5.41, 5.74) is 8.63. The number of hydrogen-bond donors (Lipinski definition) is 3. The van der Waals surface area contributed by atoms with Gasteiger partial charge in [0.25, 0.3) is 0 Å². The van der Waals surface area contributed by atoms with Crippen LogP contribution < -0.4 is 16.2 Å². The molecule has 0 saturated heterocycles. The first-order chi connectivity index (χ1) is 12.9. The number of nitrogens with one attached hydrogen (secondary N) is 3. The molecule has 10 heteroatoms. The van der Waals surface area contributed by atoms with Gasteiger partial charge in [0.1, 0.15) is 16.1 Å². The molecule has 142 valence electrons. The number of carbonyl (C=O) groups excluding carboxylic acids is 1. The monoisotopic (exact) mass is 407 g/mol. The van der Waals surface area contributed by atoms with E-state index in [-0.39, 0.29) is 10.3 Å². The van der Waals surface area contributed by atoms with Crippen LogP contribution >= 0.6 is 23.2 Å². The van der Waals surface area contributed by atoms with E-state index in [1.807, 2.05) is 20.0 Å². The van der Waals surface area contributed by atoms with Crippen molar-refractivity contribution in [3.05, 3.63) is 39.8 Å². The average molecular weight is 408 g/mol. The lowest BCUT2D eigenvalue weighted by atomic mass is 10.1. The smallest absolute Gasteiger partial charge is 0.306 e. The third-order valence-corrected chi connectivity index (χ3v) is 4.28. The Kier molecular flexibility index (Phi) is 5.67. The fourth-order valence-electron chi connectivity index (χ4n) is 2.88. The van der Waals surface area contributed by atoms with Crippen LogP contribution in [0.4, 0.5) is 16.3 Å². The van der Waals surface area contributed by atoms with Gasteiger partial charge in [-0.15, -0.1) is 0 Å². The maximum atomic E-state index is 12.1. The molecule has 2 amide bonds. The zero-order valence-electron chi connectivity index (χ0n) is 15.1. The molecule has 0 aliphatic carbocycles. The summed E-state index contributed by atoms with van der Waals surface area (Å²) in [6.45, 7) is 4.08. The third-order valence-electron chi connectivity index (χ3n) is 3.89. The number of halogens is 2. The van der Waals surface area contributed by atoms with Crippen molar-refractivity contribution in [2.75, 3.05) is 10.7 Å². The van der Waals surface area contributed by atoms with Crippen LogP contribution in [-0.2, 0) is 13.5 Å².